The Hall–Kier alpha value is -4.07. The number of benzene rings is 2. The van der Waals surface area contributed by atoms with Crippen LogP contribution in [-0.2, 0) is 9.59 Å². The fourth-order valence-corrected chi connectivity index (χ4v) is 6.45. The van der Waals surface area contributed by atoms with Gasteiger partial charge < -0.3 is 25.3 Å². The van der Waals surface area contributed by atoms with Gasteiger partial charge in [0.2, 0.25) is 5.91 Å². The molecule has 2 heterocycles. The van der Waals surface area contributed by atoms with E-state index in [0.717, 1.165) is 36.1 Å². The van der Waals surface area contributed by atoms with E-state index >= 15 is 0 Å². The van der Waals surface area contributed by atoms with Gasteiger partial charge in [0.25, 0.3) is 11.8 Å². The summed E-state index contributed by atoms with van der Waals surface area (Å²) in [5, 5.41) is 18.0. The number of nitriles is 1. The number of anilines is 1. The lowest BCUT2D eigenvalue weighted by Crippen LogP contribution is -2.35. The summed E-state index contributed by atoms with van der Waals surface area (Å²) in [6.45, 7) is 14.1. The van der Waals surface area contributed by atoms with E-state index in [1.165, 1.54) is 34.4 Å². The van der Waals surface area contributed by atoms with Crippen molar-refractivity contribution >= 4 is 45.9 Å². The monoisotopic (exact) mass is 586 g/mol. The van der Waals surface area contributed by atoms with Gasteiger partial charge in [-0.25, -0.2) is 0 Å². The molecule has 42 heavy (non-hydrogen) atoms. The van der Waals surface area contributed by atoms with Crippen LogP contribution in [0.1, 0.15) is 30.1 Å². The molecule has 2 aliphatic heterocycles. The van der Waals surface area contributed by atoms with E-state index in [9.17, 15) is 19.6 Å². The van der Waals surface area contributed by atoms with E-state index in [-0.39, 0.29) is 30.5 Å². The molecule has 2 aromatic carbocycles. The van der Waals surface area contributed by atoms with Gasteiger partial charge in [-0.3, -0.25) is 14.4 Å². The number of nitrogens with zero attached hydrogens (tertiary/aromatic N) is 4. The highest BCUT2D eigenvalue weighted by molar-refractivity contribution is 8.04. The first-order valence-electron chi connectivity index (χ1n) is 14.3. The fraction of sp³-hybridized carbons (Fsp3) is 0.375. The van der Waals surface area contributed by atoms with Crippen molar-refractivity contribution in [3.05, 3.63) is 77.9 Å². The highest BCUT2D eigenvalue weighted by atomic mass is 32.2. The molecular formula is C32H38N6O3S. The smallest absolute Gasteiger partial charge is 0.267 e. The van der Waals surface area contributed by atoms with Crippen LogP contribution in [0.25, 0.3) is 10.8 Å². The van der Waals surface area contributed by atoms with Gasteiger partial charge in [-0.1, -0.05) is 36.0 Å². The SMILES string of the molecule is C=CCN(CC=C)C(=O)/C(C#N)=C1\SC(CNc2ccc3cc(C(=O)NCCN4CCCC4)ccc3c2)C(=O)N1CC. The third-order valence-electron chi connectivity index (χ3n) is 7.39. The summed E-state index contributed by atoms with van der Waals surface area (Å²) < 4.78 is 0. The van der Waals surface area contributed by atoms with Gasteiger partial charge in [-0.05, 0) is 67.9 Å². The van der Waals surface area contributed by atoms with Crippen LogP contribution >= 0.6 is 11.8 Å². The molecule has 2 N–H and O–H groups in total. The van der Waals surface area contributed by atoms with Crippen molar-refractivity contribution in [2.24, 2.45) is 0 Å². The minimum atomic E-state index is -0.495. The molecule has 0 radical (unpaired) electrons. The van der Waals surface area contributed by atoms with Crippen LogP contribution < -0.4 is 10.6 Å². The van der Waals surface area contributed by atoms with Crippen molar-refractivity contribution in [1.82, 2.24) is 20.0 Å². The Morgan fingerprint density at radius 2 is 1.81 bits per heavy atom. The van der Waals surface area contributed by atoms with E-state index in [4.69, 9.17) is 0 Å². The molecule has 0 aromatic heterocycles. The lowest BCUT2D eigenvalue weighted by Gasteiger charge is -2.21. The van der Waals surface area contributed by atoms with Crippen molar-refractivity contribution in [3.8, 4) is 6.07 Å². The average Bonchev–Trinajstić information content (AvgIpc) is 3.63. The number of thioether (sulfide) groups is 1. The number of nitrogens with one attached hydrogen (secondary N) is 2. The highest BCUT2D eigenvalue weighted by Crippen LogP contribution is 2.38. The van der Waals surface area contributed by atoms with Crippen molar-refractivity contribution in [2.45, 2.75) is 25.0 Å². The van der Waals surface area contributed by atoms with Gasteiger partial charge in [-0.15, -0.1) is 13.2 Å². The molecule has 220 valence electrons. The second-order valence-electron chi connectivity index (χ2n) is 10.2. The second kappa shape index (κ2) is 14.7. The van der Waals surface area contributed by atoms with Gasteiger partial charge in [-0.2, -0.15) is 5.26 Å². The van der Waals surface area contributed by atoms with E-state index in [1.807, 2.05) is 49.4 Å². The van der Waals surface area contributed by atoms with Gasteiger partial charge in [0.05, 0.1) is 0 Å². The summed E-state index contributed by atoms with van der Waals surface area (Å²) in [5.41, 5.74) is 1.40. The number of fused-ring (bicyclic) bond motifs is 1. The third-order valence-corrected chi connectivity index (χ3v) is 8.69. The zero-order valence-corrected chi connectivity index (χ0v) is 24.9. The van der Waals surface area contributed by atoms with Gasteiger partial charge >= 0.3 is 0 Å². The molecule has 2 aromatic rings. The van der Waals surface area contributed by atoms with E-state index in [2.05, 4.69) is 28.7 Å². The lowest BCUT2D eigenvalue weighted by atomic mass is 10.1. The predicted molar refractivity (Wildman–Crippen MR) is 169 cm³/mol. The van der Waals surface area contributed by atoms with Gasteiger partial charge in [0.15, 0.2) is 0 Å². The minimum absolute atomic E-state index is 0.0528. The summed E-state index contributed by atoms with van der Waals surface area (Å²) in [7, 11) is 0. The van der Waals surface area contributed by atoms with E-state index in [1.54, 1.807) is 12.2 Å². The molecule has 2 fully saturated rings. The molecule has 1 atom stereocenters. The molecule has 2 saturated heterocycles. The van der Waals surface area contributed by atoms with E-state index < -0.39 is 11.2 Å². The fourth-order valence-electron chi connectivity index (χ4n) is 5.19. The first kappa shape index (κ1) is 30.9. The van der Waals surface area contributed by atoms with Crippen molar-refractivity contribution in [2.75, 3.05) is 57.7 Å². The van der Waals surface area contributed by atoms with Gasteiger partial charge in [0, 0.05) is 50.5 Å². The third kappa shape index (κ3) is 7.22. The molecule has 1 unspecified atom stereocenters. The Bertz CT molecular complexity index is 1420. The second-order valence-corrected chi connectivity index (χ2v) is 11.4. The van der Waals surface area contributed by atoms with Gasteiger partial charge in [0.1, 0.15) is 21.9 Å². The topological polar surface area (TPSA) is 109 Å². The predicted octanol–water partition coefficient (Wildman–Crippen LogP) is 3.98. The highest BCUT2D eigenvalue weighted by Gasteiger charge is 2.39. The molecule has 3 amide bonds. The van der Waals surface area contributed by atoms with E-state index in [0.29, 0.717) is 30.2 Å². The molecule has 0 aliphatic carbocycles. The van der Waals surface area contributed by atoms with Crippen LogP contribution in [0.5, 0.6) is 0 Å². The maximum absolute atomic E-state index is 13.2. The number of rotatable bonds is 13. The van der Waals surface area contributed by atoms with Crippen LogP contribution in [0.4, 0.5) is 5.69 Å². The molecule has 10 heteroatoms. The lowest BCUT2D eigenvalue weighted by molar-refractivity contribution is -0.127. The number of amides is 3. The zero-order valence-electron chi connectivity index (χ0n) is 24.1. The molecule has 2 aliphatic rings. The summed E-state index contributed by atoms with van der Waals surface area (Å²) >= 11 is 1.23. The summed E-state index contributed by atoms with van der Waals surface area (Å²) in [6, 6.07) is 13.5. The maximum atomic E-state index is 13.2. The van der Waals surface area contributed by atoms with Crippen molar-refractivity contribution < 1.29 is 14.4 Å². The standard InChI is InChI=1S/C32H38N6O3S/c1-4-14-37(15-5-2)30(40)27(21-33)32-38(6-3)31(41)28(42-32)22-35-26-12-11-23-19-25(10-9-24(23)20-26)29(39)34-13-18-36-16-7-8-17-36/h4-5,9-12,19-20,28,35H,1-2,6-8,13-18,22H2,3H3,(H,34,39)/b32-27-. The first-order chi connectivity index (χ1) is 20.4. The molecular weight excluding hydrogens is 548 g/mol. The Morgan fingerprint density at radius 1 is 1.12 bits per heavy atom. The number of carbonyl (C=O) groups is 3. The maximum Gasteiger partial charge on any atom is 0.267 e. The van der Waals surface area contributed by atoms with Crippen LogP contribution in [0.2, 0.25) is 0 Å². The van der Waals surface area contributed by atoms with Crippen LogP contribution in [0.3, 0.4) is 0 Å². The van der Waals surface area contributed by atoms with Crippen LogP contribution in [0.15, 0.2) is 72.3 Å². The normalized spacial score (nSPS) is 18.0. The van der Waals surface area contributed by atoms with Crippen LogP contribution in [-0.4, -0.2) is 90.0 Å². The number of likely N-dealkylation sites (tertiary alicyclic amines) is 1. The minimum Gasteiger partial charge on any atom is -0.383 e. The zero-order chi connectivity index (χ0) is 30.1. The first-order valence-corrected chi connectivity index (χ1v) is 15.2. The summed E-state index contributed by atoms with van der Waals surface area (Å²) in [4.78, 5) is 44.4. The Balaban J connectivity index is 1.41. The number of hydrogen-bond acceptors (Lipinski definition) is 7. The van der Waals surface area contributed by atoms with Crippen molar-refractivity contribution in [3.63, 3.8) is 0 Å². The molecule has 4 rings (SSSR count). The Morgan fingerprint density at radius 3 is 2.48 bits per heavy atom. The quantitative estimate of drug-likeness (QED) is 0.208. The summed E-state index contributed by atoms with van der Waals surface area (Å²) in [6.07, 6.45) is 5.65. The molecule has 0 saturated carbocycles. The molecule has 0 bridgehead atoms. The summed E-state index contributed by atoms with van der Waals surface area (Å²) in [5.74, 6) is -0.675. The Kier molecular flexibility index (Phi) is 10.8. The molecule has 9 nitrogen and oxygen atoms in total. The number of carbonyl (C=O) groups excluding carboxylic acids is 3. The Labute approximate surface area is 251 Å². The largest absolute Gasteiger partial charge is 0.383 e. The van der Waals surface area contributed by atoms with Crippen molar-refractivity contribution in [1.29, 1.82) is 5.26 Å². The molecule has 0 spiro atoms. The number of hydrogen-bond donors (Lipinski definition) is 2. The average molecular weight is 587 g/mol. The van der Waals surface area contributed by atoms with Crippen LogP contribution in [0, 0.1) is 11.3 Å².